The van der Waals surface area contributed by atoms with E-state index in [9.17, 15) is 14.0 Å². The van der Waals surface area contributed by atoms with Gasteiger partial charge in [-0.1, -0.05) is 29.8 Å². The number of halogens is 1. The van der Waals surface area contributed by atoms with Crippen LogP contribution in [-0.4, -0.2) is 41.6 Å². The minimum Gasteiger partial charge on any atom is -0.481 e. The first kappa shape index (κ1) is 17.0. The third-order valence-electron chi connectivity index (χ3n) is 3.80. The van der Waals surface area contributed by atoms with Crippen LogP contribution in [0.4, 0.5) is 9.18 Å². The van der Waals surface area contributed by atoms with Gasteiger partial charge in [-0.05, 0) is 25.3 Å². The Bertz CT molecular complexity index is 591. The van der Waals surface area contributed by atoms with Gasteiger partial charge in [0.05, 0.1) is 0 Å². The maximum Gasteiger partial charge on any atom is 0.317 e. The molecule has 0 unspecified atom stereocenters. The number of nitrogens with zero attached hydrogens (tertiary/aromatic N) is 1. The lowest BCUT2D eigenvalue weighted by atomic mass is 10.0. The first-order valence-corrected chi connectivity index (χ1v) is 7.75. The van der Waals surface area contributed by atoms with E-state index in [-0.39, 0.29) is 18.3 Å². The van der Waals surface area contributed by atoms with Crippen molar-refractivity contribution >= 4 is 18.1 Å². The van der Waals surface area contributed by atoms with Gasteiger partial charge in [0, 0.05) is 31.6 Å². The highest BCUT2D eigenvalue weighted by Gasteiger charge is 2.18. The number of hydrogen-bond acceptors (Lipinski definition) is 2. The lowest BCUT2D eigenvalue weighted by molar-refractivity contribution is -0.137. The number of nitrogens with one attached hydrogen (secondary N) is 1. The average Bonchev–Trinajstić information content (AvgIpc) is 2.54. The summed E-state index contributed by atoms with van der Waals surface area (Å²) in [4.78, 5) is 24.1. The topological polar surface area (TPSA) is 69.6 Å². The number of carboxylic acid groups (broad SMARTS) is 1. The van der Waals surface area contributed by atoms with Crippen LogP contribution in [0.1, 0.15) is 31.2 Å². The lowest BCUT2D eigenvalue weighted by Gasteiger charge is -2.28. The molecule has 2 N–H and O–H groups in total. The Kier molecular flexibility index (Phi) is 6.14. The molecule has 0 aromatic heterocycles. The summed E-state index contributed by atoms with van der Waals surface area (Å²) in [6.45, 7) is 1.54. The van der Waals surface area contributed by atoms with E-state index in [0.717, 1.165) is 18.4 Å². The number of urea groups is 1. The summed E-state index contributed by atoms with van der Waals surface area (Å²) >= 11 is 0. The van der Waals surface area contributed by atoms with Gasteiger partial charge in [-0.2, -0.15) is 0 Å². The van der Waals surface area contributed by atoms with E-state index in [4.69, 9.17) is 5.11 Å². The van der Waals surface area contributed by atoms with Gasteiger partial charge in [-0.15, -0.1) is 0 Å². The first-order chi connectivity index (χ1) is 11.1. The second-order valence-electron chi connectivity index (χ2n) is 5.54. The molecule has 2 rings (SSSR count). The van der Waals surface area contributed by atoms with Crippen LogP contribution in [0, 0.1) is 5.82 Å². The van der Waals surface area contributed by atoms with Crippen LogP contribution in [0.2, 0.25) is 0 Å². The Balaban J connectivity index is 1.78. The molecule has 5 nitrogen and oxygen atoms in total. The zero-order valence-electron chi connectivity index (χ0n) is 12.9. The minimum atomic E-state index is -0.861. The number of piperidine rings is 1. The van der Waals surface area contributed by atoms with Crippen LogP contribution in [0.3, 0.4) is 0 Å². The molecule has 0 bridgehead atoms. The molecule has 6 heteroatoms. The van der Waals surface area contributed by atoms with E-state index in [0.29, 0.717) is 31.6 Å². The zero-order valence-corrected chi connectivity index (χ0v) is 12.9. The highest BCUT2D eigenvalue weighted by molar-refractivity contribution is 5.74. The summed E-state index contributed by atoms with van der Waals surface area (Å²) in [7, 11) is 0. The zero-order chi connectivity index (χ0) is 16.7. The molecule has 23 heavy (non-hydrogen) atoms. The molecule has 1 aromatic carbocycles. The van der Waals surface area contributed by atoms with E-state index in [1.807, 2.05) is 6.08 Å². The monoisotopic (exact) mass is 320 g/mol. The smallest absolute Gasteiger partial charge is 0.317 e. The summed E-state index contributed by atoms with van der Waals surface area (Å²) in [5.41, 5.74) is 1.71. The maximum atomic E-state index is 13.6. The summed E-state index contributed by atoms with van der Waals surface area (Å²) in [6.07, 6.45) is 3.77. The molecule has 1 fully saturated rings. The largest absolute Gasteiger partial charge is 0.481 e. The Hall–Kier alpha value is -2.37. The highest BCUT2D eigenvalue weighted by Crippen LogP contribution is 2.20. The summed E-state index contributed by atoms with van der Waals surface area (Å²) in [6, 6.07) is 6.47. The number of benzene rings is 1. The highest BCUT2D eigenvalue weighted by atomic mass is 19.1. The Morgan fingerprint density at radius 3 is 2.61 bits per heavy atom. The van der Waals surface area contributed by atoms with Gasteiger partial charge in [0.15, 0.2) is 0 Å². The number of carbonyl (C=O) groups is 2. The number of carbonyl (C=O) groups excluding carboxylic acids is 1. The van der Waals surface area contributed by atoms with Gasteiger partial charge in [0.25, 0.3) is 0 Å². The molecule has 0 atom stereocenters. The molecule has 124 valence electrons. The number of rotatable bonds is 5. The first-order valence-electron chi connectivity index (χ1n) is 7.75. The number of carboxylic acids is 1. The fourth-order valence-corrected chi connectivity index (χ4v) is 2.50. The van der Waals surface area contributed by atoms with Crippen LogP contribution >= 0.6 is 0 Å². The number of likely N-dealkylation sites (tertiary alicyclic amines) is 1. The SMILES string of the molecule is O=C(O)CCCNC(=O)N1CCC(=Cc2ccccc2F)CC1. The van der Waals surface area contributed by atoms with Gasteiger partial charge in [-0.25, -0.2) is 9.18 Å². The minimum absolute atomic E-state index is 0.0514. The molecule has 1 aromatic rings. The van der Waals surface area contributed by atoms with Crippen molar-refractivity contribution in [1.29, 1.82) is 0 Å². The van der Waals surface area contributed by atoms with Crippen LogP contribution in [-0.2, 0) is 4.79 Å². The molecule has 0 saturated carbocycles. The Morgan fingerprint density at radius 2 is 1.96 bits per heavy atom. The normalized spacial score (nSPS) is 14.5. The van der Waals surface area contributed by atoms with Crippen molar-refractivity contribution in [3.63, 3.8) is 0 Å². The van der Waals surface area contributed by atoms with Crippen LogP contribution in [0.15, 0.2) is 29.8 Å². The van der Waals surface area contributed by atoms with E-state index in [1.54, 1.807) is 23.1 Å². The van der Waals surface area contributed by atoms with Crippen molar-refractivity contribution in [3.8, 4) is 0 Å². The fourth-order valence-electron chi connectivity index (χ4n) is 2.50. The predicted octanol–water partition coefficient (Wildman–Crippen LogP) is 2.88. The van der Waals surface area contributed by atoms with Gasteiger partial charge in [0.2, 0.25) is 0 Å². The average molecular weight is 320 g/mol. The van der Waals surface area contributed by atoms with E-state index in [1.165, 1.54) is 6.07 Å². The molecule has 2 amide bonds. The van der Waals surface area contributed by atoms with Gasteiger partial charge >= 0.3 is 12.0 Å². The third kappa shape index (κ3) is 5.39. The van der Waals surface area contributed by atoms with Crippen molar-refractivity contribution in [2.45, 2.75) is 25.7 Å². The molecule has 0 aliphatic carbocycles. The molecule has 1 aliphatic heterocycles. The van der Waals surface area contributed by atoms with Gasteiger partial charge < -0.3 is 15.3 Å². The molecule has 1 aliphatic rings. The molecule has 1 heterocycles. The van der Waals surface area contributed by atoms with Crippen LogP contribution < -0.4 is 5.32 Å². The molecular weight excluding hydrogens is 299 g/mol. The Labute approximate surface area is 134 Å². The number of hydrogen-bond donors (Lipinski definition) is 2. The summed E-state index contributed by atoms with van der Waals surface area (Å²) < 4.78 is 13.6. The molecule has 0 spiro atoms. The quantitative estimate of drug-likeness (QED) is 0.820. The lowest BCUT2D eigenvalue weighted by Crippen LogP contribution is -2.43. The van der Waals surface area contributed by atoms with E-state index >= 15 is 0 Å². The standard InChI is InChI=1S/C17H21FN2O3/c18-15-5-2-1-4-14(15)12-13-7-10-20(11-8-13)17(23)19-9-3-6-16(21)22/h1-2,4-5,12H,3,6-11H2,(H,19,23)(H,21,22). The second-order valence-corrected chi connectivity index (χ2v) is 5.54. The number of amides is 2. The predicted molar refractivity (Wildman–Crippen MR) is 85.5 cm³/mol. The van der Waals surface area contributed by atoms with Crippen molar-refractivity contribution in [1.82, 2.24) is 10.2 Å². The summed E-state index contributed by atoms with van der Waals surface area (Å²) in [5.74, 6) is -1.10. The van der Waals surface area contributed by atoms with Crippen LogP contribution in [0.25, 0.3) is 6.08 Å². The van der Waals surface area contributed by atoms with E-state index in [2.05, 4.69) is 5.32 Å². The fraction of sp³-hybridized carbons (Fsp3) is 0.412. The number of aliphatic carboxylic acids is 1. The van der Waals surface area contributed by atoms with Crippen molar-refractivity contribution in [3.05, 3.63) is 41.2 Å². The Morgan fingerprint density at radius 1 is 1.26 bits per heavy atom. The van der Waals surface area contributed by atoms with Crippen molar-refractivity contribution in [2.24, 2.45) is 0 Å². The molecular formula is C17H21FN2O3. The van der Waals surface area contributed by atoms with Crippen molar-refractivity contribution < 1.29 is 19.1 Å². The van der Waals surface area contributed by atoms with Crippen LogP contribution in [0.5, 0.6) is 0 Å². The summed E-state index contributed by atoms with van der Waals surface area (Å²) in [5, 5.41) is 11.3. The van der Waals surface area contributed by atoms with E-state index < -0.39 is 5.97 Å². The van der Waals surface area contributed by atoms with Gasteiger partial charge in [-0.3, -0.25) is 4.79 Å². The van der Waals surface area contributed by atoms with Crippen molar-refractivity contribution in [2.75, 3.05) is 19.6 Å². The third-order valence-corrected chi connectivity index (χ3v) is 3.80. The van der Waals surface area contributed by atoms with Gasteiger partial charge in [0.1, 0.15) is 5.82 Å². The molecule has 1 saturated heterocycles. The maximum absolute atomic E-state index is 13.6. The molecule has 0 radical (unpaired) electrons. The second kappa shape index (κ2) is 8.31.